The van der Waals surface area contributed by atoms with Crippen molar-refractivity contribution >= 4 is 27.0 Å². The van der Waals surface area contributed by atoms with E-state index in [0.29, 0.717) is 44.1 Å². The number of rotatable bonds is 6. The van der Waals surface area contributed by atoms with Crippen LogP contribution in [0.1, 0.15) is 11.3 Å². The molecule has 0 amide bonds. The quantitative estimate of drug-likeness (QED) is 0.383. The zero-order chi connectivity index (χ0) is 26.3. The first kappa shape index (κ1) is 24.7. The van der Waals surface area contributed by atoms with Gasteiger partial charge in [-0.2, -0.15) is 0 Å². The van der Waals surface area contributed by atoms with Crippen LogP contribution in [0.3, 0.4) is 0 Å². The Kier molecular flexibility index (Phi) is 6.33. The predicted octanol–water partition coefficient (Wildman–Crippen LogP) is 1.17. The van der Waals surface area contributed by atoms with Crippen molar-refractivity contribution in [3.8, 4) is 17.3 Å². The second-order valence-electron chi connectivity index (χ2n) is 8.84. The Bertz CT molecular complexity index is 1630. The van der Waals surface area contributed by atoms with E-state index in [2.05, 4.69) is 15.0 Å². The van der Waals surface area contributed by atoms with E-state index in [9.17, 15) is 22.7 Å². The average Bonchev–Trinajstić information content (AvgIpc) is 3.34. The van der Waals surface area contributed by atoms with Gasteiger partial charge in [0.1, 0.15) is 17.7 Å². The zero-order valence-corrected chi connectivity index (χ0v) is 21.0. The van der Waals surface area contributed by atoms with E-state index in [0.717, 1.165) is 20.5 Å². The summed E-state index contributed by atoms with van der Waals surface area (Å²) in [6.07, 6.45) is 4.70. The lowest BCUT2D eigenvalue weighted by molar-refractivity contribution is -0.362. The van der Waals surface area contributed by atoms with Crippen LogP contribution >= 0.6 is 0 Å². The van der Waals surface area contributed by atoms with Crippen molar-refractivity contribution in [3.05, 3.63) is 70.2 Å². The van der Waals surface area contributed by atoms with Crippen LogP contribution in [0.15, 0.2) is 47.5 Å². The molecule has 1 aromatic carbocycles. The summed E-state index contributed by atoms with van der Waals surface area (Å²) in [5.74, 6) is -0.671. The van der Waals surface area contributed by atoms with Crippen molar-refractivity contribution < 1.29 is 27.6 Å². The fraction of sp³-hybridized carbons (Fsp3) is 0.292. The van der Waals surface area contributed by atoms with Gasteiger partial charge in [-0.05, 0) is 23.8 Å². The Morgan fingerprint density at radius 2 is 1.95 bits per heavy atom. The SMILES string of the molecule is CN(c1cc(N2CCOCC2)cn2c(=O)c(O)c(-c3[nH]c(Cc4ccc(F)cc4)c[nH+]3)nc12)S(C)(=O)=O. The van der Waals surface area contributed by atoms with Gasteiger partial charge in [0.15, 0.2) is 5.65 Å². The van der Waals surface area contributed by atoms with E-state index in [4.69, 9.17) is 4.74 Å². The van der Waals surface area contributed by atoms with Crippen molar-refractivity contribution in [1.29, 1.82) is 0 Å². The summed E-state index contributed by atoms with van der Waals surface area (Å²) >= 11 is 0. The van der Waals surface area contributed by atoms with Crippen LogP contribution in [-0.4, -0.2) is 67.5 Å². The van der Waals surface area contributed by atoms with Gasteiger partial charge < -0.3 is 14.7 Å². The van der Waals surface area contributed by atoms with Gasteiger partial charge in [-0.3, -0.25) is 13.5 Å². The number of benzene rings is 1. The number of aromatic nitrogens is 4. The molecular weight excluding hydrogens is 503 g/mol. The highest BCUT2D eigenvalue weighted by molar-refractivity contribution is 7.92. The molecule has 0 unspecified atom stereocenters. The van der Waals surface area contributed by atoms with Crippen molar-refractivity contribution in [2.24, 2.45) is 0 Å². The first-order chi connectivity index (χ1) is 17.6. The molecule has 1 fully saturated rings. The molecule has 0 atom stereocenters. The van der Waals surface area contributed by atoms with E-state index < -0.39 is 21.3 Å². The van der Waals surface area contributed by atoms with E-state index in [1.165, 1.54) is 25.4 Å². The Hall–Kier alpha value is -3.97. The first-order valence-electron chi connectivity index (χ1n) is 11.5. The third-order valence-corrected chi connectivity index (χ3v) is 7.49. The molecule has 4 heterocycles. The molecule has 3 aromatic heterocycles. The van der Waals surface area contributed by atoms with Crippen LogP contribution in [0.25, 0.3) is 17.2 Å². The molecule has 0 spiro atoms. The summed E-state index contributed by atoms with van der Waals surface area (Å²) < 4.78 is 45.8. The number of anilines is 2. The fourth-order valence-corrected chi connectivity index (χ4v) is 4.71. The minimum absolute atomic E-state index is 0.0578. The number of imidazole rings is 1. The molecule has 4 aromatic rings. The second kappa shape index (κ2) is 9.48. The van der Waals surface area contributed by atoms with Crippen LogP contribution < -0.4 is 19.7 Å². The number of H-pyrrole nitrogens is 2. The molecule has 11 nitrogen and oxygen atoms in total. The number of hydrogen-bond acceptors (Lipinski definition) is 7. The summed E-state index contributed by atoms with van der Waals surface area (Å²) in [6.45, 7) is 2.12. The molecule has 1 aliphatic heterocycles. The Balaban J connectivity index is 1.63. The normalized spacial score (nSPS) is 14.3. The van der Waals surface area contributed by atoms with Crippen molar-refractivity contribution in [2.75, 3.05) is 48.8 Å². The summed E-state index contributed by atoms with van der Waals surface area (Å²) in [4.78, 5) is 25.9. The summed E-state index contributed by atoms with van der Waals surface area (Å²) in [6, 6.07) is 7.71. The van der Waals surface area contributed by atoms with Crippen LogP contribution in [0, 0.1) is 5.82 Å². The van der Waals surface area contributed by atoms with Gasteiger partial charge in [0.25, 0.3) is 0 Å². The van der Waals surface area contributed by atoms with E-state index in [-0.39, 0.29) is 28.7 Å². The van der Waals surface area contributed by atoms with Crippen LogP contribution in [0.5, 0.6) is 5.75 Å². The van der Waals surface area contributed by atoms with Gasteiger partial charge in [-0.15, -0.1) is 0 Å². The molecule has 37 heavy (non-hydrogen) atoms. The van der Waals surface area contributed by atoms with Gasteiger partial charge in [0, 0.05) is 32.8 Å². The Labute approximate surface area is 211 Å². The molecule has 5 rings (SSSR count). The third-order valence-electron chi connectivity index (χ3n) is 6.30. The highest BCUT2D eigenvalue weighted by atomic mass is 32.2. The number of nitrogens with zero attached hydrogens (tertiary/aromatic N) is 4. The predicted molar refractivity (Wildman–Crippen MR) is 135 cm³/mol. The summed E-state index contributed by atoms with van der Waals surface area (Å²) in [5, 5.41) is 10.8. The lowest BCUT2D eigenvalue weighted by Crippen LogP contribution is -2.37. The zero-order valence-electron chi connectivity index (χ0n) is 20.2. The van der Waals surface area contributed by atoms with Gasteiger partial charge in [-0.1, -0.05) is 12.1 Å². The molecule has 0 aliphatic carbocycles. The van der Waals surface area contributed by atoms with E-state index >= 15 is 0 Å². The largest absolute Gasteiger partial charge is 0.501 e. The maximum Gasteiger partial charge on any atom is 0.307 e. The fourth-order valence-electron chi connectivity index (χ4n) is 4.22. The minimum Gasteiger partial charge on any atom is -0.501 e. The van der Waals surface area contributed by atoms with Crippen molar-refractivity contribution in [2.45, 2.75) is 6.42 Å². The number of hydrogen-bond donors (Lipinski definition) is 2. The topological polar surface area (TPSA) is 134 Å². The number of nitrogens with one attached hydrogen (secondary N) is 2. The van der Waals surface area contributed by atoms with Crippen molar-refractivity contribution in [1.82, 2.24) is 14.4 Å². The van der Waals surface area contributed by atoms with E-state index in [1.54, 1.807) is 24.4 Å². The molecule has 3 N–H and O–H groups in total. The van der Waals surface area contributed by atoms with Gasteiger partial charge in [0.2, 0.25) is 21.5 Å². The van der Waals surface area contributed by atoms with Crippen LogP contribution in [0.2, 0.25) is 0 Å². The van der Waals surface area contributed by atoms with E-state index in [1.807, 2.05) is 4.90 Å². The van der Waals surface area contributed by atoms with Gasteiger partial charge in [-0.25, -0.2) is 27.8 Å². The monoisotopic (exact) mass is 529 g/mol. The Morgan fingerprint density at radius 3 is 2.62 bits per heavy atom. The molecule has 1 aliphatic rings. The average molecular weight is 530 g/mol. The molecule has 0 radical (unpaired) electrons. The van der Waals surface area contributed by atoms with Crippen molar-refractivity contribution in [3.63, 3.8) is 0 Å². The third kappa shape index (κ3) is 4.87. The first-order valence-corrected chi connectivity index (χ1v) is 13.4. The number of aromatic hydroxyl groups is 1. The van der Waals surface area contributed by atoms with Crippen LogP contribution in [-0.2, 0) is 21.2 Å². The Morgan fingerprint density at radius 1 is 1.24 bits per heavy atom. The van der Waals surface area contributed by atoms with Gasteiger partial charge in [0.05, 0.1) is 30.8 Å². The smallest absolute Gasteiger partial charge is 0.307 e. The highest BCUT2D eigenvalue weighted by Gasteiger charge is 2.26. The maximum absolute atomic E-state index is 13.3. The molecule has 1 saturated heterocycles. The maximum atomic E-state index is 13.3. The second-order valence-corrected chi connectivity index (χ2v) is 10.9. The minimum atomic E-state index is -3.70. The standard InChI is InChI=1S/C24H25FN6O5S/c1-29(37(2,34)35)19-12-18(30-7-9-36-10-8-30)14-31-23(19)28-20(21(32)24(31)33)22-26-13-17(27-22)11-15-3-5-16(25)6-4-15/h3-6,12-14,32H,7-11H2,1-2H3,(H,26,27)/p+1. The molecule has 0 bridgehead atoms. The highest BCUT2D eigenvalue weighted by Crippen LogP contribution is 2.30. The summed E-state index contributed by atoms with van der Waals surface area (Å²) in [5.41, 5.74) is 1.60. The lowest BCUT2D eigenvalue weighted by Gasteiger charge is -2.30. The molecular formula is C24H26FN6O5S+. The molecule has 0 saturated carbocycles. The number of aromatic amines is 2. The molecule has 13 heteroatoms. The number of sulfonamides is 1. The number of pyridine rings is 1. The number of morpholine rings is 1. The number of halogens is 1. The molecule has 194 valence electrons. The van der Waals surface area contributed by atoms with Crippen LogP contribution in [0.4, 0.5) is 15.8 Å². The lowest BCUT2D eigenvalue weighted by atomic mass is 10.1. The number of fused-ring (bicyclic) bond motifs is 1. The number of ether oxygens (including phenoxy) is 1. The van der Waals surface area contributed by atoms with Gasteiger partial charge >= 0.3 is 11.4 Å². The summed E-state index contributed by atoms with van der Waals surface area (Å²) in [7, 11) is -2.32.